The largest absolute Gasteiger partial charge is 0.462 e. The van der Waals surface area contributed by atoms with Crippen molar-refractivity contribution in [3.8, 4) is 0 Å². The van der Waals surface area contributed by atoms with Crippen LogP contribution in [0.2, 0.25) is 0 Å². The molecule has 96 valence electrons. The highest BCUT2D eigenvalue weighted by Crippen LogP contribution is 2.06. The Balaban J connectivity index is 2.10. The lowest BCUT2D eigenvalue weighted by Gasteiger charge is -2.07. The Kier molecular flexibility index (Phi) is 5.72. The molecule has 17 heavy (non-hydrogen) atoms. The van der Waals surface area contributed by atoms with Gasteiger partial charge in [-0.3, -0.25) is 4.79 Å². The van der Waals surface area contributed by atoms with Crippen LogP contribution in [0.15, 0.2) is 16.5 Å². The standard InChI is InChI=1S/C12H20N2O3/c1-9(2)12(16)14-6-5-13-7-10-3-4-11(8-15)17-10/h3-4,9,13,15H,5-8H2,1-2H3,(H,14,16). The van der Waals surface area contributed by atoms with E-state index in [1.54, 1.807) is 6.07 Å². The Morgan fingerprint density at radius 3 is 2.65 bits per heavy atom. The van der Waals surface area contributed by atoms with Crippen molar-refractivity contribution in [2.75, 3.05) is 13.1 Å². The lowest BCUT2D eigenvalue weighted by Crippen LogP contribution is -2.34. The van der Waals surface area contributed by atoms with E-state index in [1.165, 1.54) is 0 Å². The molecule has 1 heterocycles. The molecule has 0 bridgehead atoms. The first kappa shape index (κ1) is 13.7. The first-order valence-electron chi connectivity index (χ1n) is 5.80. The molecule has 5 heteroatoms. The van der Waals surface area contributed by atoms with Gasteiger partial charge >= 0.3 is 0 Å². The highest BCUT2D eigenvalue weighted by molar-refractivity contribution is 5.77. The molecular formula is C12H20N2O3. The van der Waals surface area contributed by atoms with Crippen LogP contribution in [0.5, 0.6) is 0 Å². The predicted molar refractivity (Wildman–Crippen MR) is 64.2 cm³/mol. The summed E-state index contributed by atoms with van der Waals surface area (Å²) in [6.45, 7) is 5.53. The van der Waals surface area contributed by atoms with Crippen LogP contribution < -0.4 is 10.6 Å². The quantitative estimate of drug-likeness (QED) is 0.611. The number of amides is 1. The number of rotatable bonds is 7. The summed E-state index contributed by atoms with van der Waals surface area (Å²) in [4.78, 5) is 11.2. The Labute approximate surface area is 101 Å². The van der Waals surface area contributed by atoms with Gasteiger partial charge in [-0.05, 0) is 12.1 Å². The van der Waals surface area contributed by atoms with Gasteiger partial charge in [0.1, 0.15) is 18.1 Å². The van der Waals surface area contributed by atoms with Gasteiger partial charge in [0, 0.05) is 19.0 Å². The number of aliphatic hydroxyl groups excluding tert-OH is 1. The van der Waals surface area contributed by atoms with Crippen LogP contribution in [-0.2, 0) is 17.9 Å². The second-order valence-corrected chi connectivity index (χ2v) is 4.15. The topological polar surface area (TPSA) is 74.5 Å². The number of hydrogen-bond acceptors (Lipinski definition) is 4. The van der Waals surface area contributed by atoms with Gasteiger partial charge < -0.3 is 20.2 Å². The van der Waals surface area contributed by atoms with Gasteiger partial charge in [0.25, 0.3) is 0 Å². The molecule has 1 amide bonds. The minimum atomic E-state index is -0.0789. The van der Waals surface area contributed by atoms with E-state index in [-0.39, 0.29) is 18.4 Å². The number of nitrogens with one attached hydrogen (secondary N) is 2. The van der Waals surface area contributed by atoms with Gasteiger partial charge in [-0.1, -0.05) is 13.8 Å². The molecule has 0 aliphatic rings. The third-order valence-corrected chi connectivity index (χ3v) is 2.30. The lowest BCUT2D eigenvalue weighted by molar-refractivity contribution is -0.123. The minimum absolute atomic E-state index is 0.0205. The van der Waals surface area contributed by atoms with Crippen molar-refractivity contribution in [3.05, 3.63) is 23.7 Å². The number of aliphatic hydroxyl groups is 1. The van der Waals surface area contributed by atoms with Gasteiger partial charge in [-0.2, -0.15) is 0 Å². The summed E-state index contributed by atoms with van der Waals surface area (Å²) in [5.74, 6) is 1.43. The zero-order chi connectivity index (χ0) is 12.7. The van der Waals surface area contributed by atoms with Crippen LogP contribution >= 0.6 is 0 Å². The maximum absolute atomic E-state index is 11.2. The van der Waals surface area contributed by atoms with Crippen molar-refractivity contribution in [3.63, 3.8) is 0 Å². The van der Waals surface area contributed by atoms with Crippen LogP contribution in [0.3, 0.4) is 0 Å². The van der Waals surface area contributed by atoms with Crippen LogP contribution in [-0.4, -0.2) is 24.1 Å². The molecule has 0 atom stereocenters. The number of furan rings is 1. The molecule has 1 aromatic rings. The first-order valence-corrected chi connectivity index (χ1v) is 5.80. The molecule has 0 aliphatic carbocycles. The fraction of sp³-hybridized carbons (Fsp3) is 0.583. The van der Waals surface area contributed by atoms with E-state index in [2.05, 4.69) is 10.6 Å². The average Bonchev–Trinajstić information content (AvgIpc) is 2.76. The van der Waals surface area contributed by atoms with E-state index < -0.39 is 0 Å². The lowest BCUT2D eigenvalue weighted by atomic mass is 10.2. The van der Waals surface area contributed by atoms with Crippen molar-refractivity contribution < 1.29 is 14.3 Å². The third kappa shape index (κ3) is 5.01. The fourth-order valence-corrected chi connectivity index (χ4v) is 1.29. The Morgan fingerprint density at radius 1 is 1.35 bits per heavy atom. The number of carbonyl (C=O) groups is 1. The van der Waals surface area contributed by atoms with E-state index in [4.69, 9.17) is 9.52 Å². The molecule has 0 radical (unpaired) electrons. The molecule has 0 fully saturated rings. The van der Waals surface area contributed by atoms with Crippen molar-refractivity contribution in [2.45, 2.75) is 27.0 Å². The smallest absolute Gasteiger partial charge is 0.222 e. The van der Waals surface area contributed by atoms with Crippen molar-refractivity contribution in [1.82, 2.24) is 10.6 Å². The summed E-state index contributed by atoms with van der Waals surface area (Å²) in [5.41, 5.74) is 0. The van der Waals surface area contributed by atoms with Crippen molar-refractivity contribution in [1.29, 1.82) is 0 Å². The van der Waals surface area contributed by atoms with Crippen molar-refractivity contribution >= 4 is 5.91 Å². The molecule has 0 spiro atoms. The molecule has 0 aromatic carbocycles. The zero-order valence-electron chi connectivity index (χ0n) is 10.3. The van der Waals surface area contributed by atoms with E-state index >= 15 is 0 Å². The Bertz CT molecular complexity index is 347. The van der Waals surface area contributed by atoms with Crippen molar-refractivity contribution in [2.24, 2.45) is 5.92 Å². The monoisotopic (exact) mass is 240 g/mol. The Hall–Kier alpha value is -1.33. The fourth-order valence-electron chi connectivity index (χ4n) is 1.29. The maximum Gasteiger partial charge on any atom is 0.222 e. The van der Waals surface area contributed by atoms with Gasteiger partial charge in [0.15, 0.2) is 0 Å². The van der Waals surface area contributed by atoms with Gasteiger partial charge in [-0.25, -0.2) is 0 Å². The molecule has 1 aromatic heterocycles. The Morgan fingerprint density at radius 2 is 2.06 bits per heavy atom. The normalized spacial score (nSPS) is 10.8. The van der Waals surface area contributed by atoms with Gasteiger partial charge in [0.2, 0.25) is 5.91 Å². The van der Waals surface area contributed by atoms with Crippen LogP contribution in [0.25, 0.3) is 0 Å². The summed E-state index contributed by atoms with van der Waals surface area (Å²) in [7, 11) is 0. The van der Waals surface area contributed by atoms with Crippen LogP contribution in [0.1, 0.15) is 25.4 Å². The summed E-state index contributed by atoms with van der Waals surface area (Å²) in [5, 5.41) is 14.8. The van der Waals surface area contributed by atoms with Crippen LogP contribution in [0.4, 0.5) is 0 Å². The maximum atomic E-state index is 11.2. The summed E-state index contributed by atoms with van der Waals surface area (Å²) in [6.07, 6.45) is 0. The number of hydrogen-bond donors (Lipinski definition) is 3. The van der Waals surface area contributed by atoms with Crippen LogP contribution in [0, 0.1) is 5.92 Å². The third-order valence-electron chi connectivity index (χ3n) is 2.30. The summed E-state index contributed by atoms with van der Waals surface area (Å²) < 4.78 is 5.30. The SMILES string of the molecule is CC(C)C(=O)NCCNCc1ccc(CO)o1. The second kappa shape index (κ2) is 7.09. The number of carbonyl (C=O) groups excluding carboxylic acids is 1. The molecule has 3 N–H and O–H groups in total. The summed E-state index contributed by atoms with van der Waals surface area (Å²) >= 11 is 0. The molecule has 5 nitrogen and oxygen atoms in total. The van der Waals surface area contributed by atoms with Gasteiger partial charge in [-0.15, -0.1) is 0 Å². The minimum Gasteiger partial charge on any atom is -0.462 e. The average molecular weight is 240 g/mol. The molecule has 0 saturated heterocycles. The molecule has 1 rings (SSSR count). The van der Waals surface area contributed by atoms with E-state index in [0.717, 1.165) is 5.76 Å². The molecule has 0 aliphatic heterocycles. The first-order chi connectivity index (χ1) is 8.13. The molecule has 0 saturated carbocycles. The highest BCUT2D eigenvalue weighted by Gasteiger charge is 2.05. The van der Waals surface area contributed by atoms with E-state index in [9.17, 15) is 4.79 Å². The van der Waals surface area contributed by atoms with E-state index in [1.807, 2.05) is 19.9 Å². The van der Waals surface area contributed by atoms with Gasteiger partial charge in [0.05, 0.1) is 6.54 Å². The summed E-state index contributed by atoms with van der Waals surface area (Å²) in [6, 6.07) is 3.57. The molecule has 0 unspecified atom stereocenters. The van der Waals surface area contributed by atoms with E-state index in [0.29, 0.717) is 25.4 Å². The molecular weight excluding hydrogens is 220 g/mol. The highest BCUT2D eigenvalue weighted by atomic mass is 16.4. The zero-order valence-corrected chi connectivity index (χ0v) is 10.3. The predicted octanol–water partition coefficient (Wildman–Crippen LogP) is 0.634. The second-order valence-electron chi connectivity index (χ2n) is 4.15.